The lowest BCUT2D eigenvalue weighted by Gasteiger charge is -2.34. The maximum Gasteiger partial charge on any atom is 0.218 e. The molecule has 2 aliphatic heterocycles. The number of benzene rings is 1. The standard InChI is InChI=1S/C17H23NO3/c1-3-7-14(8-4-1)11-15-12-18-21-17(15)13-19-16(20-17)9-5-2-6-10-16/h1,3-4,7-8,15,18H,2,5-6,9-13H2. The Bertz CT molecular complexity index is 486. The molecule has 4 nitrogen and oxygen atoms in total. The molecule has 0 radical (unpaired) electrons. The number of nitrogens with one attached hydrogen (secondary N) is 1. The van der Waals surface area contributed by atoms with Gasteiger partial charge in [0.2, 0.25) is 5.79 Å². The van der Waals surface area contributed by atoms with Crippen molar-refractivity contribution in [1.82, 2.24) is 5.48 Å². The van der Waals surface area contributed by atoms with Crippen LogP contribution in [0.25, 0.3) is 0 Å². The van der Waals surface area contributed by atoms with E-state index in [0.717, 1.165) is 25.8 Å². The van der Waals surface area contributed by atoms with Crippen molar-refractivity contribution >= 4 is 0 Å². The van der Waals surface area contributed by atoms with Crippen molar-refractivity contribution in [2.24, 2.45) is 5.92 Å². The Morgan fingerprint density at radius 3 is 2.71 bits per heavy atom. The second-order valence-electron chi connectivity index (χ2n) is 6.51. The fourth-order valence-corrected chi connectivity index (χ4v) is 3.82. The van der Waals surface area contributed by atoms with Gasteiger partial charge < -0.3 is 9.47 Å². The summed E-state index contributed by atoms with van der Waals surface area (Å²) in [5, 5.41) is 0. The SMILES string of the molecule is c1ccc(CC2CNOC23COC2(CCCCC2)O3)cc1. The zero-order valence-corrected chi connectivity index (χ0v) is 12.3. The van der Waals surface area contributed by atoms with Gasteiger partial charge in [-0.1, -0.05) is 36.8 Å². The first-order valence-electron chi connectivity index (χ1n) is 8.09. The largest absolute Gasteiger partial charge is 0.344 e. The third kappa shape index (κ3) is 2.50. The Hall–Kier alpha value is -0.940. The van der Waals surface area contributed by atoms with E-state index in [1.807, 2.05) is 0 Å². The molecule has 3 fully saturated rings. The van der Waals surface area contributed by atoms with Crippen LogP contribution >= 0.6 is 0 Å². The van der Waals surface area contributed by atoms with Crippen LogP contribution in [0.3, 0.4) is 0 Å². The Kier molecular flexibility index (Phi) is 3.50. The first-order chi connectivity index (χ1) is 10.3. The van der Waals surface area contributed by atoms with Crippen LogP contribution in [0.5, 0.6) is 0 Å². The highest BCUT2D eigenvalue weighted by molar-refractivity contribution is 5.16. The molecule has 21 heavy (non-hydrogen) atoms. The molecule has 1 N–H and O–H groups in total. The number of rotatable bonds is 2. The van der Waals surface area contributed by atoms with Crippen LogP contribution in [0.2, 0.25) is 0 Å². The van der Waals surface area contributed by atoms with E-state index in [1.165, 1.54) is 24.8 Å². The molecule has 0 aromatic heterocycles. The van der Waals surface area contributed by atoms with Crippen LogP contribution < -0.4 is 5.48 Å². The lowest BCUT2D eigenvalue weighted by molar-refractivity contribution is -0.282. The number of hydroxylamine groups is 1. The van der Waals surface area contributed by atoms with Crippen molar-refractivity contribution in [3.8, 4) is 0 Å². The van der Waals surface area contributed by atoms with Gasteiger partial charge in [-0.15, -0.1) is 0 Å². The van der Waals surface area contributed by atoms with Crippen molar-refractivity contribution in [1.29, 1.82) is 0 Å². The second-order valence-corrected chi connectivity index (χ2v) is 6.51. The van der Waals surface area contributed by atoms with E-state index in [-0.39, 0.29) is 5.79 Å². The number of ether oxygens (including phenoxy) is 2. The molecule has 2 unspecified atom stereocenters. The summed E-state index contributed by atoms with van der Waals surface area (Å²) in [5.41, 5.74) is 4.36. The molecule has 2 heterocycles. The van der Waals surface area contributed by atoms with Crippen LogP contribution in [-0.4, -0.2) is 24.7 Å². The average molecular weight is 289 g/mol. The van der Waals surface area contributed by atoms with Gasteiger partial charge in [-0.25, -0.2) is 0 Å². The van der Waals surface area contributed by atoms with E-state index in [0.29, 0.717) is 12.5 Å². The molecule has 1 aromatic carbocycles. The molecule has 2 spiro atoms. The highest BCUT2D eigenvalue weighted by Gasteiger charge is 2.58. The van der Waals surface area contributed by atoms with Crippen molar-refractivity contribution in [3.05, 3.63) is 35.9 Å². The van der Waals surface area contributed by atoms with Gasteiger partial charge in [-0.2, -0.15) is 5.48 Å². The lowest BCUT2D eigenvalue weighted by atomic mass is 9.91. The molecule has 1 saturated carbocycles. The van der Waals surface area contributed by atoms with Gasteiger partial charge in [-0.05, 0) is 24.8 Å². The minimum absolute atomic E-state index is 0.293. The van der Waals surface area contributed by atoms with Crippen LogP contribution in [0.15, 0.2) is 30.3 Å². The van der Waals surface area contributed by atoms with Gasteiger partial charge in [0.15, 0.2) is 5.79 Å². The zero-order valence-electron chi connectivity index (χ0n) is 12.3. The number of hydrogen-bond donors (Lipinski definition) is 1. The topological polar surface area (TPSA) is 39.7 Å². The Balaban J connectivity index is 1.51. The van der Waals surface area contributed by atoms with Crippen molar-refractivity contribution < 1.29 is 14.3 Å². The molecule has 0 amide bonds. The highest BCUT2D eigenvalue weighted by atomic mass is 16.9. The maximum absolute atomic E-state index is 6.42. The third-order valence-corrected chi connectivity index (χ3v) is 5.03. The summed E-state index contributed by atoms with van der Waals surface area (Å²) >= 11 is 0. The quantitative estimate of drug-likeness (QED) is 0.909. The van der Waals surface area contributed by atoms with Gasteiger partial charge in [-0.3, -0.25) is 4.84 Å². The van der Waals surface area contributed by atoms with Crippen LogP contribution in [0.4, 0.5) is 0 Å². The molecule has 0 bridgehead atoms. The van der Waals surface area contributed by atoms with Gasteiger partial charge >= 0.3 is 0 Å². The molecule has 3 aliphatic rings. The fourth-order valence-electron chi connectivity index (χ4n) is 3.82. The second kappa shape index (κ2) is 5.36. The first kappa shape index (κ1) is 13.7. The predicted molar refractivity (Wildman–Crippen MR) is 78.3 cm³/mol. The molecular formula is C17H23NO3. The van der Waals surface area contributed by atoms with E-state index in [1.54, 1.807) is 0 Å². The van der Waals surface area contributed by atoms with Gasteiger partial charge in [0.1, 0.15) is 6.61 Å². The highest BCUT2D eigenvalue weighted by Crippen LogP contribution is 2.46. The summed E-state index contributed by atoms with van der Waals surface area (Å²) in [4.78, 5) is 5.82. The minimum Gasteiger partial charge on any atom is -0.344 e. The lowest BCUT2D eigenvalue weighted by Crippen LogP contribution is -2.43. The molecule has 2 saturated heterocycles. The molecule has 2 atom stereocenters. The summed E-state index contributed by atoms with van der Waals surface area (Å²) in [6.07, 6.45) is 6.60. The van der Waals surface area contributed by atoms with Crippen molar-refractivity contribution in [3.63, 3.8) is 0 Å². The summed E-state index contributed by atoms with van der Waals surface area (Å²) < 4.78 is 12.5. The van der Waals surface area contributed by atoms with Crippen LogP contribution in [0, 0.1) is 5.92 Å². The molecule has 4 heteroatoms. The molecule has 4 rings (SSSR count). The van der Waals surface area contributed by atoms with Gasteiger partial charge in [0.05, 0.1) is 0 Å². The predicted octanol–water partition coefficient (Wildman–Crippen LogP) is 2.78. The third-order valence-electron chi connectivity index (χ3n) is 5.03. The number of hydrogen-bond acceptors (Lipinski definition) is 4. The summed E-state index contributed by atoms with van der Waals surface area (Å²) in [5.74, 6) is -0.701. The van der Waals surface area contributed by atoms with E-state index >= 15 is 0 Å². The molecular weight excluding hydrogens is 266 g/mol. The van der Waals surface area contributed by atoms with Crippen LogP contribution in [-0.2, 0) is 20.7 Å². The summed E-state index contributed by atoms with van der Waals surface area (Å²) in [7, 11) is 0. The van der Waals surface area contributed by atoms with Gasteiger partial charge in [0.25, 0.3) is 0 Å². The Morgan fingerprint density at radius 1 is 1.10 bits per heavy atom. The van der Waals surface area contributed by atoms with Crippen molar-refractivity contribution in [2.45, 2.75) is 50.1 Å². The molecule has 1 aromatic rings. The van der Waals surface area contributed by atoms with E-state index in [9.17, 15) is 0 Å². The fraction of sp³-hybridized carbons (Fsp3) is 0.647. The molecule has 114 valence electrons. The molecule has 1 aliphatic carbocycles. The summed E-state index contributed by atoms with van der Waals surface area (Å²) in [6, 6.07) is 10.5. The zero-order chi connectivity index (χ0) is 14.2. The Morgan fingerprint density at radius 2 is 1.90 bits per heavy atom. The van der Waals surface area contributed by atoms with Crippen LogP contribution in [0.1, 0.15) is 37.7 Å². The van der Waals surface area contributed by atoms with E-state index in [4.69, 9.17) is 14.3 Å². The smallest absolute Gasteiger partial charge is 0.218 e. The Labute approximate surface area is 125 Å². The average Bonchev–Trinajstić information content (AvgIpc) is 3.07. The van der Waals surface area contributed by atoms with E-state index < -0.39 is 5.79 Å². The van der Waals surface area contributed by atoms with Crippen molar-refractivity contribution in [2.75, 3.05) is 13.2 Å². The van der Waals surface area contributed by atoms with E-state index in [2.05, 4.69) is 35.8 Å². The minimum atomic E-state index is -0.604. The first-order valence-corrected chi connectivity index (χ1v) is 8.09. The normalized spacial score (nSPS) is 34.8. The monoisotopic (exact) mass is 289 g/mol. The van der Waals surface area contributed by atoms with Gasteiger partial charge in [0, 0.05) is 25.3 Å². The maximum atomic E-state index is 6.42. The summed E-state index contributed by atoms with van der Waals surface area (Å²) in [6.45, 7) is 1.35.